The van der Waals surface area contributed by atoms with Crippen molar-refractivity contribution in [2.75, 3.05) is 57.9 Å². The van der Waals surface area contributed by atoms with Crippen molar-refractivity contribution in [2.24, 2.45) is 0 Å². The van der Waals surface area contributed by atoms with Crippen molar-refractivity contribution in [2.45, 2.75) is 31.9 Å². The van der Waals surface area contributed by atoms with Crippen LogP contribution in [-0.2, 0) is 24.1 Å². The number of sulfone groups is 1. The van der Waals surface area contributed by atoms with Crippen molar-refractivity contribution in [1.82, 2.24) is 14.7 Å². The zero-order chi connectivity index (χ0) is 20.7. The molecule has 0 aromatic heterocycles. The molecule has 0 aliphatic carbocycles. The average Bonchev–Trinajstić information content (AvgIpc) is 3.14. The molecule has 0 bridgehead atoms. The summed E-state index contributed by atoms with van der Waals surface area (Å²) in [4.78, 5) is 29.9. The van der Waals surface area contributed by atoms with E-state index in [-0.39, 0.29) is 18.2 Å². The van der Waals surface area contributed by atoms with Gasteiger partial charge < -0.3 is 19.3 Å². The van der Waals surface area contributed by atoms with E-state index in [0.29, 0.717) is 39.3 Å². The third kappa shape index (κ3) is 6.32. The minimum atomic E-state index is -3.36. The van der Waals surface area contributed by atoms with E-state index in [1.807, 2.05) is 13.1 Å². The van der Waals surface area contributed by atoms with Crippen molar-refractivity contribution >= 4 is 21.8 Å². The van der Waals surface area contributed by atoms with E-state index >= 15 is 0 Å². The molecule has 2 heterocycles. The van der Waals surface area contributed by atoms with Gasteiger partial charge in [0.2, 0.25) is 0 Å². The summed E-state index contributed by atoms with van der Waals surface area (Å²) in [5.74, 6) is -0.985. The van der Waals surface area contributed by atoms with Crippen molar-refractivity contribution < 1.29 is 27.5 Å². The number of morpholine rings is 1. The maximum atomic E-state index is 13.0. The summed E-state index contributed by atoms with van der Waals surface area (Å²) >= 11 is 0. The molecule has 0 N–H and O–H groups in total. The van der Waals surface area contributed by atoms with Gasteiger partial charge in [0.1, 0.15) is 9.84 Å². The van der Waals surface area contributed by atoms with Crippen molar-refractivity contribution in [3.8, 4) is 6.19 Å². The quantitative estimate of drug-likeness (QED) is 0.408. The number of carbonyl (C=O) groups excluding carboxylic acids is 2. The van der Waals surface area contributed by atoms with Gasteiger partial charge in [0.05, 0.1) is 25.0 Å². The number of amides is 2. The van der Waals surface area contributed by atoms with E-state index in [0.717, 1.165) is 24.2 Å². The van der Waals surface area contributed by atoms with Crippen molar-refractivity contribution in [3.05, 3.63) is 0 Å². The molecule has 0 aromatic carbocycles. The normalized spacial score (nSPS) is 21.8. The first-order chi connectivity index (χ1) is 13.2. The lowest BCUT2D eigenvalue weighted by molar-refractivity contribution is -0.139. The topological polar surface area (TPSA) is 120 Å². The fourth-order valence-corrected chi connectivity index (χ4v) is 3.91. The van der Waals surface area contributed by atoms with Crippen LogP contribution in [0.4, 0.5) is 4.79 Å². The highest BCUT2D eigenvalue weighted by atomic mass is 32.2. The first kappa shape index (κ1) is 22.4. The molecule has 10 nitrogen and oxygen atoms in total. The average molecular weight is 417 g/mol. The molecule has 0 saturated carbocycles. The summed E-state index contributed by atoms with van der Waals surface area (Å²) in [6.45, 7) is 5.56. The van der Waals surface area contributed by atoms with Crippen LogP contribution in [0.1, 0.15) is 19.8 Å². The van der Waals surface area contributed by atoms with Crippen LogP contribution in [-0.4, -0.2) is 105 Å². The predicted octanol–water partition coefficient (Wildman–Crippen LogP) is -0.338. The van der Waals surface area contributed by atoms with E-state index in [9.17, 15) is 23.3 Å². The van der Waals surface area contributed by atoms with Crippen LogP contribution < -0.4 is 0 Å². The minimum absolute atomic E-state index is 0.184. The van der Waals surface area contributed by atoms with Gasteiger partial charge in [-0.1, -0.05) is 6.92 Å². The standard InChI is InChI=1S/C17H28N4O6S/c1-3-19-6-4-14(12-19)21(13-18)16(22)15(5-11-28(2,24)25)27-17(23)20-7-9-26-10-8-20/h14-15H,3-12H2,1-2H3. The van der Waals surface area contributed by atoms with Gasteiger partial charge in [0.15, 0.2) is 12.3 Å². The summed E-state index contributed by atoms with van der Waals surface area (Å²) < 4.78 is 33.7. The Kier molecular flexibility index (Phi) is 8.03. The summed E-state index contributed by atoms with van der Waals surface area (Å²) in [7, 11) is -3.36. The molecule has 2 saturated heterocycles. The molecule has 2 atom stereocenters. The maximum Gasteiger partial charge on any atom is 0.410 e. The second kappa shape index (κ2) is 10.0. The second-order valence-electron chi connectivity index (χ2n) is 7.03. The maximum absolute atomic E-state index is 13.0. The van der Waals surface area contributed by atoms with Gasteiger partial charge in [-0.3, -0.25) is 4.79 Å². The largest absolute Gasteiger partial charge is 0.436 e. The van der Waals surface area contributed by atoms with Gasteiger partial charge in [0.25, 0.3) is 5.91 Å². The zero-order valence-electron chi connectivity index (χ0n) is 16.4. The molecule has 0 spiro atoms. The van der Waals surface area contributed by atoms with E-state index in [1.165, 1.54) is 4.90 Å². The van der Waals surface area contributed by atoms with E-state index < -0.39 is 27.9 Å². The number of carbonyl (C=O) groups is 2. The van der Waals surface area contributed by atoms with Crippen LogP contribution in [0.25, 0.3) is 0 Å². The molecule has 2 aliphatic heterocycles. The summed E-state index contributed by atoms with van der Waals surface area (Å²) in [5.41, 5.74) is 0. The molecule has 2 amide bonds. The molecule has 2 aliphatic rings. The highest BCUT2D eigenvalue weighted by Crippen LogP contribution is 2.18. The van der Waals surface area contributed by atoms with Gasteiger partial charge >= 0.3 is 6.09 Å². The highest BCUT2D eigenvalue weighted by molar-refractivity contribution is 7.90. The summed E-state index contributed by atoms with van der Waals surface area (Å²) in [6.07, 6.45) is 1.39. The third-order valence-electron chi connectivity index (χ3n) is 4.94. The van der Waals surface area contributed by atoms with Crippen LogP contribution in [0, 0.1) is 11.5 Å². The SMILES string of the molecule is CCN1CCC(N(C#N)C(=O)C(CCS(C)(=O)=O)OC(=O)N2CCOCC2)C1. The first-order valence-electron chi connectivity index (χ1n) is 9.41. The number of nitriles is 1. The Hall–Kier alpha value is -1.90. The predicted molar refractivity (Wildman–Crippen MR) is 100.0 cm³/mol. The van der Waals surface area contributed by atoms with E-state index in [2.05, 4.69) is 4.90 Å². The van der Waals surface area contributed by atoms with Crippen LogP contribution in [0.5, 0.6) is 0 Å². The number of rotatable bonds is 7. The van der Waals surface area contributed by atoms with Crippen molar-refractivity contribution in [1.29, 1.82) is 5.26 Å². The van der Waals surface area contributed by atoms with Crippen molar-refractivity contribution in [3.63, 3.8) is 0 Å². The third-order valence-corrected chi connectivity index (χ3v) is 5.92. The molecular weight excluding hydrogens is 388 g/mol. The number of likely N-dealkylation sites (N-methyl/N-ethyl adjacent to an activating group) is 1. The Bertz CT molecular complexity index is 701. The molecule has 0 aromatic rings. The summed E-state index contributed by atoms with van der Waals surface area (Å²) in [6, 6.07) is -0.305. The number of hydrogen-bond donors (Lipinski definition) is 0. The molecular formula is C17H28N4O6S. The monoisotopic (exact) mass is 416 g/mol. The van der Waals surface area contributed by atoms with E-state index in [4.69, 9.17) is 9.47 Å². The summed E-state index contributed by atoms with van der Waals surface area (Å²) in [5, 5.41) is 9.53. The molecule has 28 heavy (non-hydrogen) atoms. The minimum Gasteiger partial charge on any atom is -0.436 e. The fourth-order valence-electron chi connectivity index (χ4n) is 3.27. The van der Waals surface area contributed by atoms with Gasteiger partial charge in [-0.2, -0.15) is 5.26 Å². The fraction of sp³-hybridized carbons (Fsp3) is 0.824. The van der Waals surface area contributed by atoms with Crippen LogP contribution >= 0.6 is 0 Å². The van der Waals surface area contributed by atoms with Gasteiger partial charge in [-0.05, 0) is 13.0 Å². The molecule has 2 rings (SSSR count). The lowest BCUT2D eigenvalue weighted by Crippen LogP contribution is -2.48. The van der Waals surface area contributed by atoms with Gasteiger partial charge in [0, 0.05) is 38.9 Å². The van der Waals surface area contributed by atoms with Crippen LogP contribution in [0.15, 0.2) is 0 Å². The van der Waals surface area contributed by atoms with E-state index in [1.54, 1.807) is 0 Å². The first-order valence-corrected chi connectivity index (χ1v) is 11.5. The Morgan fingerprint density at radius 2 is 2.00 bits per heavy atom. The second-order valence-corrected chi connectivity index (χ2v) is 9.29. The molecule has 2 unspecified atom stereocenters. The Morgan fingerprint density at radius 3 is 2.54 bits per heavy atom. The lowest BCUT2D eigenvalue weighted by atomic mass is 10.2. The van der Waals surface area contributed by atoms with Crippen LogP contribution in [0.3, 0.4) is 0 Å². The van der Waals surface area contributed by atoms with Gasteiger partial charge in [-0.15, -0.1) is 0 Å². The Morgan fingerprint density at radius 1 is 1.32 bits per heavy atom. The number of hydrogen-bond acceptors (Lipinski definition) is 8. The molecule has 158 valence electrons. The number of ether oxygens (including phenoxy) is 2. The number of nitrogens with zero attached hydrogens (tertiary/aromatic N) is 4. The highest BCUT2D eigenvalue weighted by Gasteiger charge is 2.37. The lowest BCUT2D eigenvalue weighted by Gasteiger charge is -2.30. The smallest absolute Gasteiger partial charge is 0.410 e. The molecule has 11 heteroatoms. The zero-order valence-corrected chi connectivity index (χ0v) is 17.2. The Balaban J connectivity index is 2.10. The molecule has 2 fully saturated rings. The van der Waals surface area contributed by atoms with Gasteiger partial charge in [-0.25, -0.2) is 18.1 Å². The number of likely N-dealkylation sites (tertiary alicyclic amines) is 1. The Labute approximate surface area is 165 Å². The van der Waals surface area contributed by atoms with Crippen LogP contribution in [0.2, 0.25) is 0 Å². The molecule has 0 radical (unpaired) electrons.